The fourth-order valence-corrected chi connectivity index (χ4v) is 8.69. The van der Waals surface area contributed by atoms with Crippen molar-refractivity contribution in [2.45, 2.75) is 57.3 Å². The molecule has 24 heavy (non-hydrogen) atoms. The van der Waals surface area contributed by atoms with Crippen molar-refractivity contribution >= 4 is 18.7 Å². The highest BCUT2D eigenvalue weighted by Crippen LogP contribution is 2.39. The average molecular weight is 341 g/mol. The third-order valence-corrected chi connectivity index (χ3v) is 10.2. The van der Waals surface area contributed by atoms with Crippen molar-refractivity contribution in [1.29, 1.82) is 0 Å². The molecular weight excluding hydrogens is 312 g/mol. The second-order valence-electron chi connectivity index (χ2n) is 7.87. The van der Waals surface area contributed by atoms with E-state index in [9.17, 15) is 5.11 Å². The number of aliphatic hydroxyl groups is 1. The number of benzene rings is 2. The highest BCUT2D eigenvalue weighted by Gasteiger charge is 2.51. The molecule has 2 aromatic carbocycles. The Morgan fingerprint density at radius 2 is 1.38 bits per heavy atom. The van der Waals surface area contributed by atoms with E-state index >= 15 is 0 Å². The summed E-state index contributed by atoms with van der Waals surface area (Å²) in [6.07, 6.45) is 2.48. The molecule has 2 aromatic rings. The molecule has 1 aliphatic rings. The first kappa shape index (κ1) is 17.4. The first-order valence-electron chi connectivity index (χ1n) is 8.90. The zero-order chi connectivity index (χ0) is 17.2. The second-order valence-corrected chi connectivity index (χ2v) is 12.1. The van der Waals surface area contributed by atoms with Gasteiger partial charge in [-0.2, -0.15) is 0 Å². The Kier molecular flexibility index (Phi) is 4.95. The zero-order valence-corrected chi connectivity index (χ0v) is 15.9. The van der Waals surface area contributed by atoms with Crippen LogP contribution in [0.3, 0.4) is 0 Å². The Hall–Kier alpha value is -1.42. The quantitative estimate of drug-likeness (QED) is 0.864. The lowest BCUT2D eigenvalue weighted by Gasteiger charge is -2.44. The molecule has 0 spiro atoms. The van der Waals surface area contributed by atoms with Gasteiger partial charge in [-0.1, -0.05) is 81.4 Å². The molecule has 1 N–H and O–H groups in total. The van der Waals surface area contributed by atoms with Gasteiger partial charge in [0.15, 0.2) is 0 Å². The molecule has 1 fully saturated rings. The first-order chi connectivity index (χ1) is 11.4. The van der Waals surface area contributed by atoms with Gasteiger partial charge in [-0.25, -0.2) is 0 Å². The summed E-state index contributed by atoms with van der Waals surface area (Å²) in [5.41, 5.74) is 0. The lowest BCUT2D eigenvalue weighted by atomic mass is 10.2. The van der Waals surface area contributed by atoms with Crippen LogP contribution in [0.15, 0.2) is 60.7 Å². The lowest BCUT2D eigenvalue weighted by Crippen LogP contribution is -2.67. The van der Waals surface area contributed by atoms with E-state index in [1.807, 2.05) is 0 Å². The van der Waals surface area contributed by atoms with Crippen LogP contribution in [-0.4, -0.2) is 25.6 Å². The van der Waals surface area contributed by atoms with Crippen LogP contribution in [0.4, 0.5) is 0 Å². The minimum absolute atomic E-state index is 0.00322. The summed E-state index contributed by atoms with van der Waals surface area (Å²) < 4.78 is 6.98. The Morgan fingerprint density at radius 1 is 0.875 bits per heavy atom. The SMILES string of the molecule is CC(C)(C)[Si](O[C@H]1CC[C@H](O)C1)(c1ccccc1)c1ccccc1. The maximum Gasteiger partial charge on any atom is 0.261 e. The Bertz CT molecular complexity index is 609. The predicted molar refractivity (Wildman–Crippen MR) is 102 cm³/mol. The molecule has 3 rings (SSSR count). The molecule has 0 aliphatic heterocycles. The van der Waals surface area contributed by atoms with Gasteiger partial charge in [-0.3, -0.25) is 0 Å². The Labute approximate surface area is 146 Å². The van der Waals surface area contributed by atoms with E-state index in [0.29, 0.717) is 0 Å². The predicted octanol–water partition coefficient (Wildman–Crippen LogP) is 3.48. The van der Waals surface area contributed by atoms with Crippen LogP contribution < -0.4 is 10.4 Å². The number of rotatable bonds is 4. The van der Waals surface area contributed by atoms with Gasteiger partial charge >= 0.3 is 0 Å². The molecule has 2 nitrogen and oxygen atoms in total. The summed E-state index contributed by atoms with van der Waals surface area (Å²) in [5, 5.41) is 12.6. The van der Waals surface area contributed by atoms with E-state index in [2.05, 4.69) is 81.4 Å². The second kappa shape index (κ2) is 6.83. The monoisotopic (exact) mass is 340 g/mol. The van der Waals surface area contributed by atoms with E-state index in [0.717, 1.165) is 19.3 Å². The van der Waals surface area contributed by atoms with Crippen LogP contribution in [-0.2, 0) is 4.43 Å². The number of hydrogen-bond acceptors (Lipinski definition) is 2. The smallest absolute Gasteiger partial charge is 0.261 e. The highest BCUT2D eigenvalue weighted by atomic mass is 28.4. The van der Waals surface area contributed by atoms with Crippen LogP contribution in [0.1, 0.15) is 40.0 Å². The lowest BCUT2D eigenvalue weighted by molar-refractivity contribution is 0.144. The normalized spacial score (nSPS) is 21.8. The Balaban J connectivity index is 2.14. The summed E-state index contributed by atoms with van der Waals surface area (Å²) in [6, 6.07) is 21.4. The molecule has 0 heterocycles. The van der Waals surface area contributed by atoms with Gasteiger partial charge in [0.1, 0.15) is 0 Å². The molecule has 1 saturated carbocycles. The van der Waals surface area contributed by atoms with E-state index in [1.165, 1.54) is 10.4 Å². The van der Waals surface area contributed by atoms with Gasteiger partial charge in [0.25, 0.3) is 8.32 Å². The van der Waals surface area contributed by atoms with E-state index in [4.69, 9.17) is 4.43 Å². The molecule has 0 amide bonds. The summed E-state index contributed by atoms with van der Waals surface area (Å²) in [5.74, 6) is 0. The van der Waals surface area contributed by atoms with Crippen LogP contribution in [0, 0.1) is 0 Å². The standard InChI is InChI=1S/C21H28O2Si/c1-21(2,3)24(19-10-6-4-7-11-19,20-12-8-5-9-13-20)23-18-15-14-17(22)16-18/h4-13,17-18,22H,14-16H2,1-3H3/t17-,18-/m0/s1. The molecular formula is C21H28O2Si. The van der Waals surface area contributed by atoms with Crippen LogP contribution in [0.2, 0.25) is 5.04 Å². The summed E-state index contributed by atoms with van der Waals surface area (Å²) in [4.78, 5) is 0. The zero-order valence-electron chi connectivity index (χ0n) is 14.9. The number of hydrogen-bond donors (Lipinski definition) is 1. The van der Waals surface area contributed by atoms with Crippen molar-refractivity contribution in [2.75, 3.05) is 0 Å². The third-order valence-electron chi connectivity index (χ3n) is 5.12. The third kappa shape index (κ3) is 3.21. The maximum atomic E-state index is 9.98. The molecule has 128 valence electrons. The molecule has 3 heteroatoms. The van der Waals surface area contributed by atoms with Crippen LogP contribution >= 0.6 is 0 Å². The molecule has 0 aromatic heterocycles. The molecule has 2 atom stereocenters. The average Bonchev–Trinajstić information content (AvgIpc) is 2.98. The van der Waals surface area contributed by atoms with Crippen molar-refractivity contribution in [3.63, 3.8) is 0 Å². The van der Waals surface area contributed by atoms with E-state index in [1.54, 1.807) is 0 Å². The fourth-order valence-electron chi connectivity index (χ4n) is 3.97. The van der Waals surface area contributed by atoms with Crippen molar-refractivity contribution < 1.29 is 9.53 Å². The van der Waals surface area contributed by atoms with Crippen molar-refractivity contribution in [3.05, 3.63) is 60.7 Å². The summed E-state index contributed by atoms with van der Waals surface area (Å²) in [7, 11) is -2.46. The summed E-state index contributed by atoms with van der Waals surface area (Å²) >= 11 is 0. The largest absolute Gasteiger partial charge is 0.404 e. The molecule has 0 radical (unpaired) electrons. The van der Waals surface area contributed by atoms with Crippen molar-refractivity contribution in [1.82, 2.24) is 0 Å². The Morgan fingerprint density at radius 3 is 1.75 bits per heavy atom. The van der Waals surface area contributed by atoms with Crippen LogP contribution in [0.25, 0.3) is 0 Å². The van der Waals surface area contributed by atoms with Gasteiger partial charge < -0.3 is 9.53 Å². The fraction of sp³-hybridized carbons (Fsp3) is 0.429. The van der Waals surface area contributed by atoms with Gasteiger partial charge in [0.2, 0.25) is 0 Å². The first-order valence-corrected chi connectivity index (χ1v) is 10.8. The molecule has 0 unspecified atom stereocenters. The van der Waals surface area contributed by atoms with Gasteiger partial charge in [0.05, 0.1) is 6.10 Å². The van der Waals surface area contributed by atoms with Gasteiger partial charge in [0, 0.05) is 6.10 Å². The maximum absolute atomic E-state index is 9.98. The topological polar surface area (TPSA) is 29.5 Å². The van der Waals surface area contributed by atoms with Crippen molar-refractivity contribution in [2.24, 2.45) is 0 Å². The summed E-state index contributed by atoms with van der Waals surface area (Å²) in [6.45, 7) is 6.89. The van der Waals surface area contributed by atoms with E-state index in [-0.39, 0.29) is 17.2 Å². The van der Waals surface area contributed by atoms with Gasteiger partial charge in [-0.05, 0) is 34.7 Å². The van der Waals surface area contributed by atoms with Crippen molar-refractivity contribution in [3.8, 4) is 0 Å². The van der Waals surface area contributed by atoms with Gasteiger partial charge in [-0.15, -0.1) is 0 Å². The van der Waals surface area contributed by atoms with Crippen LogP contribution in [0.5, 0.6) is 0 Å². The minimum Gasteiger partial charge on any atom is -0.404 e. The van der Waals surface area contributed by atoms with E-state index < -0.39 is 8.32 Å². The minimum atomic E-state index is -2.46. The number of aliphatic hydroxyl groups excluding tert-OH is 1. The molecule has 0 saturated heterocycles. The highest BCUT2D eigenvalue weighted by molar-refractivity contribution is 6.99. The molecule has 0 bridgehead atoms. The molecule has 1 aliphatic carbocycles.